The van der Waals surface area contributed by atoms with E-state index in [9.17, 15) is 4.79 Å². The van der Waals surface area contributed by atoms with E-state index >= 15 is 0 Å². The molecule has 1 N–H and O–H groups in total. The van der Waals surface area contributed by atoms with Crippen molar-refractivity contribution in [3.63, 3.8) is 0 Å². The van der Waals surface area contributed by atoms with E-state index in [1.165, 1.54) is 0 Å². The molecule has 0 amide bonds. The zero-order chi connectivity index (χ0) is 8.15. The van der Waals surface area contributed by atoms with Crippen LogP contribution in [0.2, 0.25) is 0 Å². The fraction of sp³-hybridized carbons (Fsp3) is 0.571. The van der Waals surface area contributed by atoms with Crippen molar-refractivity contribution in [2.45, 2.75) is 13.0 Å². The molecule has 0 saturated heterocycles. The summed E-state index contributed by atoms with van der Waals surface area (Å²) in [4.78, 5) is 12.0. The molecule has 0 spiro atoms. The Labute approximate surface area is 89.4 Å². The Bertz CT molecular complexity index is 138. The van der Waals surface area contributed by atoms with Gasteiger partial charge in [-0.05, 0) is 14.0 Å². The van der Waals surface area contributed by atoms with Gasteiger partial charge in [0.15, 0.2) is 0 Å². The summed E-state index contributed by atoms with van der Waals surface area (Å²) in [5.74, 6) is -0.802. The van der Waals surface area contributed by atoms with E-state index in [2.05, 4.69) is 6.58 Å². The van der Waals surface area contributed by atoms with E-state index in [-0.39, 0.29) is 29.6 Å². The van der Waals surface area contributed by atoms with Crippen LogP contribution in [0.5, 0.6) is 0 Å². The van der Waals surface area contributed by atoms with Gasteiger partial charge in [0.2, 0.25) is 0 Å². The monoisotopic (exact) mass is 167 g/mol. The van der Waals surface area contributed by atoms with Crippen molar-refractivity contribution in [2.24, 2.45) is 0 Å². The standard InChI is InChI=1S/C7H13NO2.Na.H/c1-4-5-8(3)6(2)7(9)10;;/h4,6H,1,5H2,2-3H3,(H,9,10);;. The first-order valence-corrected chi connectivity index (χ1v) is 3.13. The number of hydrogen-bond acceptors (Lipinski definition) is 2. The summed E-state index contributed by atoms with van der Waals surface area (Å²) < 4.78 is 0. The molecule has 0 aromatic rings. The fourth-order valence-electron chi connectivity index (χ4n) is 0.550. The Balaban J connectivity index is 0. The second-order valence-electron chi connectivity index (χ2n) is 2.24. The van der Waals surface area contributed by atoms with Gasteiger partial charge in [-0.25, -0.2) is 0 Å². The molecule has 4 heteroatoms. The summed E-state index contributed by atoms with van der Waals surface area (Å²) >= 11 is 0. The number of carboxylic acids is 1. The average Bonchev–Trinajstić information content (AvgIpc) is 1.87. The molecule has 0 saturated carbocycles. The van der Waals surface area contributed by atoms with Crippen molar-refractivity contribution in [1.29, 1.82) is 0 Å². The maximum atomic E-state index is 10.3. The summed E-state index contributed by atoms with van der Waals surface area (Å²) in [6.45, 7) is 5.76. The summed E-state index contributed by atoms with van der Waals surface area (Å²) in [6, 6.07) is -0.432. The number of aliphatic carboxylic acids is 1. The van der Waals surface area contributed by atoms with Crippen LogP contribution in [0.4, 0.5) is 0 Å². The number of hydrogen-bond donors (Lipinski definition) is 1. The zero-order valence-electron chi connectivity index (χ0n) is 6.37. The summed E-state index contributed by atoms with van der Waals surface area (Å²) in [5.41, 5.74) is 0. The molecule has 3 nitrogen and oxygen atoms in total. The van der Waals surface area contributed by atoms with Gasteiger partial charge in [-0.15, -0.1) is 6.58 Å². The van der Waals surface area contributed by atoms with Crippen LogP contribution in [-0.4, -0.2) is 65.2 Å². The molecule has 0 aliphatic carbocycles. The molecule has 0 aliphatic rings. The number of carbonyl (C=O) groups is 1. The van der Waals surface area contributed by atoms with Crippen LogP contribution in [0, 0.1) is 0 Å². The molecule has 0 aliphatic heterocycles. The molecule has 1 atom stereocenters. The number of carboxylic acid groups (broad SMARTS) is 1. The van der Waals surface area contributed by atoms with Crippen LogP contribution >= 0.6 is 0 Å². The van der Waals surface area contributed by atoms with Gasteiger partial charge in [0.1, 0.15) is 6.04 Å². The van der Waals surface area contributed by atoms with Crippen LogP contribution in [0.15, 0.2) is 12.7 Å². The van der Waals surface area contributed by atoms with Gasteiger partial charge in [0, 0.05) is 6.54 Å². The Kier molecular flexibility index (Phi) is 8.56. The first-order chi connectivity index (χ1) is 4.59. The number of rotatable bonds is 4. The van der Waals surface area contributed by atoms with E-state index in [0.29, 0.717) is 6.54 Å². The van der Waals surface area contributed by atoms with E-state index in [0.717, 1.165) is 0 Å². The summed E-state index contributed by atoms with van der Waals surface area (Å²) in [7, 11) is 1.75. The minimum atomic E-state index is -0.802. The minimum absolute atomic E-state index is 0. The first kappa shape index (κ1) is 13.7. The second-order valence-corrected chi connectivity index (χ2v) is 2.24. The van der Waals surface area contributed by atoms with Crippen molar-refractivity contribution >= 4 is 35.5 Å². The van der Waals surface area contributed by atoms with Gasteiger partial charge in [-0.3, -0.25) is 9.69 Å². The van der Waals surface area contributed by atoms with Gasteiger partial charge < -0.3 is 5.11 Å². The normalized spacial score (nSPS) is 11.9. The average molecular weight is 167 g/mol. The molecular weight excluding hydrogens is 153 g/mol. The topological polar surface area (TPSA) is 40.5 Å². The van der Waals surface area contributed by atoms with Crippen LogP contribution in [0.1, 0.15) is 6.92 Å². The Morgan fingerprint density at radius 3 is 2.55 bits per heavy atom. The molecule has 60 valence electrons. The summed E-state index contributed by atoms with van der Waals surface area (Å²) in [5, 5.41) is 8.50. The molecule has 0 aromatic heterocycles. The van der Waals surface area contributed by atoms with Crippen LogP contribution in [0.25, 0.3) is 0 Å². The molecular formula is C7H14NNaO2. The van der Waals surface area contributed by atoms with Gasteiger partial charge in [0.25, 0.3) is 0 Å². The third-order valence-electron chi connectivity index (χ3n) is 1.44. The third kappa shape index (κ3) is 5.44. The molecule has 0 bridgehead atoms. The maximum absolute atomic E-state index is 10.3. The molecule has 1 unspecified atom stereocenters. The molecule has 0 heterocycles. The molecule has 0 fully saturated rings. The van der Waals surface area contributed by atoms with Crippen LogP contribution in [0.3, 0.4) is 0 Å². The van der Waals surface area contributed by atoms with E-state index in [1.54, 1.807) is 24.9 Å². The zero-order valence-corrected chi connectivity index (χ0v) is 6.37. The molecule has 0 radical (unpaired) electrons. The van der Waals surface area contributed by atoms with E-state index in [1.807, 2.05) is 0 Å². The predicted molar refractivity (Wildman–Crippen MR) is 47.1 cm³/mol. The number of likely N-dealkylation sites (N-methyl/N-ethyl adjacent to an activating group) is 1. The van der Waals surface area contributed by atoms with E-state index in [4.69, 9.17) is 5.11 Å². The van der Waals surface area contributed by atoms with Crippen molar-refractivity contribution in [1.82, 2.24) is 4.90 Å². The van der Waals surface area contributed by atoms with Crippen molar-refractivity contribution in [3.05, 3.63) is 12.7 Å². The van der Waals surface area contributed by atoms with Gasteiger partial charge in [-0.2, -0.15) is 0 Å². The fourth-order valence-corrected chi connectivity index (χ4v) is 0.550. The SMILES string of the molecule is C=CCN(C)C(C)C(=O)O.[NaH]. The number of nitrogens with zero attached hydrogens (tertiary/aromatic N) is 1. The van der Waals surface area contributed by atoms with Gasteiger partial charge in [-0.1, -0.05) is 6.08 Å². The quantitative estimate of drug-likeness (QED) is 0.470. The van der Waals surface area contributed by atoms with E-state index < -0.39 is 12.0 Å². The Hall–Kier alpha value is 0.170. The van der Waals surface area contributed by atoms with Crippen molar-refractivity contribution in [3.8, 4) is 0 Å². The molecule has 0 rings (SSSR count). The molecule has 0 aromatic carbocycles. The second kappa shape index (κ2) is 6.85. The van der Waals surface area contributed by atoms with Gasteiger partial charge >= 0.3 is 35.5 Å². The summed E-state index contributed by atoms with van der Waals surface area (Å²) in [6.07, 6.45) is 1.68. The van der Waals surface area contributed by atoms with Crippen molar-refractivity contribution < 1.29 is 9.90 Å². The first-order valence-electron chi connectivity index (χ1n) is 3.13. The van der Waals surface area contributed by atoms with Crippen molar-refractivity contribution in [2.75, 3.05) is 13.6 Å². The molecule has 11 heavy (non-hydrogen) atoms. The van der Waals surface area contributed by atoms with Gasteiger partial charge in [0.05, 0.1) is 0 Å². The Morgan fingerprint density at radius 2 is 2.27 bits per heavy atom. The Morgan fingerprint density at radius 1 is 1.82 bits per heavy atom. The van der Waals surface area contributed by atoms with Crippen LogP contribution in [-0.2, 0) is 4.79 Å². The predicted octanol–water partition coefficient (Wildman–Crippen LogP) is -0.0712. The third-order valence-corrected chi connectivity index (χ3v) is 1.44. The van der Waals surface area contributed by atoms with Crippen LogP contribution < -0.4 is 0 Å².